The van der Waals surface area contributed by atoms with Crippen molar-refractivity contribution in [3.63, 3.8) is 0 Å². The van der Waals surface area contributed by atoms with E-state index in [4.69, 9.17) is 21.1 Å². The molecule has 0 unspecified atom stereocenters. The van der Waals surface area contributed by atoms with Crippen LogP contribution in [-0.2, 0) is 21.4 Å². The second-order valence-corrected chi connectivity index (χ2v) is 8.96. The standard InChI is InChI=1S/C23H22ClN3O5S/c1-31-22-13-18(9-12-21(22)32-16-17-7-10-19(24)11-8-17)14-25-27-23(28)15-26-33(29,30)20-5-3-2-4-6-20/h2-14,26H,15-16H2,1H3,(H,27,28). The zero-order chi connectivity index (χ0) is 23.7. The molecule has 0 aliphatic carbocycles. The van der Waals surface area contributed by atoms with Crippen molar-refractivity contribution in [1.82, 2.24) is 10.1 Å². The molecule has 0 saturated carbocycles. The van der Waals surface area contributed by atoms with Gasteiger partial charge in [0.1, 0.15) is 6.61 Å². The number of benzene rings is 3. The SMILES string of the molecule is COc1cc(C=NNC(=O)CNS(=O)(=O)c2ccccc2)ccc1OCc1ccc(Cl)cc1. The van der Waals surface area contributed by atoms with Gasteiger partial charge in [0.15, 0.2) is 11.5 Å². The molecule has 0 aromatic heterocycles. The zero-order valence-electron chi connectivity index (χ0n) is 17.7. The number of hydrogen-bond acceptors (Lipinski definition) is 6. The molecular formula is C23H22ClN3O5S. The molecule has 3 aromatic carbocycles. The second-order valence-electron chi connectivity index (χ2n) is 6.76. The van der Waals surface area contributed by atoms with Gasteiger partial charge in [-0.1, -0.05) is 41.9 Å². The van der Waals surface area contributed by atoms with E-state index < -0.39 is 22.5 Å². The van der Waals surface area contributed by atoms with Crippen LogP contribution in [0.4, 0.5) is 0 Å². The number of halogens is 1. The van der Waals surface area contributed by atoms with Crippen molar-refractivity contribution in [1.29, 1.82) is 0 Å². The molecule has 2 N–H and O–H groups in total. The molecule has 0 spiro atoms. The smallest absolute Gasteiger partial charge is 0.255 e. The summed E-state index contributed by atoms with van der Waals surface area (Å²) in [6.45, 7) is -0.106. The van der Waals surface area contributed by atoms with Gasteiger partial charge in [0, 0.05) is 5.02 Å². The fourth-order valence-electron chi connectivity index (χ4n) is 2.69. The van der Waals surface area contributed by atoms with Crippen LogP contribution < -0.4 is 19.6 Å². The van der Waals surface area contributed by atoms with E-state index in [0.717, 1.165) is 5.56 Å². The molecule has 172 valence electrons. The summed E-state index contributed by atoms with van der Waals surface area (Å²) in [5.74, 6) is 0.430. The largest absolute Gasteiger partial charge is 0.493 e. The van der Waals surface area contributed by atoms with Crippen molar-refractivity contribution >= 4 is 33.7 Å². The third kappa shape index (κ3) is 7.31. The van der Waals surface area contributed by atoms with Crippen LogP contribution in [0.1, 0.15) is 11.1 Å². The topological polar surface area (TPSA) is 106 Å². The lowest BCUT2D eigenvalue weighted by atomic mass is 10.2. The lowest BCUT2D eigenvalue weighted by Crippen LogP contribution is -2.34. The molecule has 10 heteroatoms. The minimum atomic E-state index is -3.77. The fourth-order valence-corrected chi connectivity index (χ4v) is 3.82. The summed E-state index contributed by atoms with van der Waals surface area (Å²) in [5.41, 5.74) is 3.88. The molecule has 0 fully saturated rings. The van der Waals surface area contributed by atoms with Crippen LogP contribution in [0.2, 0.25) is 5.02 Å². The first-order valence-corrected chi connectivity index (χ1v) is 11.7. The lowest BCUT2D eigenvalue weighted by molar-refractivity contribution is -0.119. The van der Waals surface area contributed by atoms with Crippen LogP contribution in [0.5, 0.6) is 11.5 Å². The third-order valence-corrected chi connectivity index (χ3v) is 6.04. The van der Waals surface area contributed by atoms with E-state index in [9.17, 15) is 13.2 Å². The minimum Gasteiger partial charge on any atom is -0.493 e. The molecule has 1 amide bonds. The number of carbonyl (C=O) groups is 1. The highest BCUT2D eigenvalue weighted by Gasteiger charge is 2.14. The maximum Gasteiger partial charge on any atom is 0.255 e. The van der Waals surface area contributed by atoms with Crippen LogP contribution in [0.15, 0.2) is 82.8 Å². The van der Waals surface area contributed by atoms with Gasteiger partial charge in [0.05, 0.1) is 24.8 Å². The van der Waals surface area contributed by atoms with Gasteiger partial charge in [0.25, 0.3) is 5.91 Å². The van der Waals surface area contributed by atoms with E-state index in [1.807, 2.05) is 12.1 Å². The Morgan fingerprint density at radius 2 is 1.76 bits per heavy atom. The van der Waals surface area contributed by atoms with Gasteiger partial charge in [-0.25, -0.2) is 18.6 Å². The van der Waals surface area contributed by atoms with Gasteiger partial charge in [-0.2, -0.15) is 5.10 Å². The normalized spacial score (nSPS) is 11.3. The molecule has 3 rings (SSSR count). The molecule has 3 aromatic rings. The van der Waals surface area contributed by atoms with Crippen molar-refractivity contribution < 1.29 is 22.7 Å². The molecule has 0 bridgehead atoms. The van der Waals surface area contributed by atoms with Crippen molar-refractivity contribution in [2.45, 2.75) is 11.5 Å². The van der Waals surface area contributed by atoms with Crippen molar-refractivity contribution in [2.75, 3.05) is 13.7 Å². The van der Waals surface area contributed by atoms with Crippen molar-refractivity contribution in [3.05, 3.63) is 88.9 Å². The Labute approximate surface area is 197 Å². The maximum absolute atomic E-state index is 12.1. The first-order chi connectivity index (χ1) is 15.9. The number of nitrogens with zero attached hydrogens (tertiary/aromatic N) is 1. The summed E-state index contributed by atoms with van der Waals surface area (Å²) < 4.78 is 37.7. The number of sulfonamides is 1. The molecule has 33 heavy (non-hydrogen) atoms. The van der Waals surface area contributed by atoms with Gasteiger partial charge in [-0.05, 0) is 53.6 Å². The van der Waals surface area contributed by atoms with E-state index in [2.05, 4.69) is 15.2 Å². The average Bonchev–Trinajstić information content (AvgIpc) is 2.83. The van der Waals surface area contributed by atoms with Crippen LogP contribution in [0, 0.1) is 0 Å². The van der Waals surface area contributed by atoms with E-state index in [-0.39, 0.29) is 4.90 Å². The summed E-state index contributed by atoms with van der Waals surface area (Å²) in [4.78, 5) is 12.0. The number of nitrogens with one attached hydrogen (secondary N) is 2. The Morgan fingerprint density at radius 3 is 2.45 bits per heavy atom. The quantitative estimate of drug-likeness (QED) is 0.337. The Balaban J connectivity index is 1.53. The number of hydrazone groups is 1. The van der Waals surface area contributed by atoms with Crippen LogP contribution in [-0.4, -0.2) is 34.2 Å². The zero-order valence-corrected chi connectivity index (χ0v) is 19.3. The van der Waals surface area contributed by atoms with Crippen molar-refractivity contribution in [2.24, 2.45) is 5.10 Å². The number of carbonyl (C=O) groups excluding carboxylic acids is 1. The summed E-state index contributed by atoms with van der Waals surface area (Å²) in [6, 6.07) is 20.3. The van der Waals surface area contributed by atoms with Gasteiger partial charge in [-0.15, -0.1) is 0 Å². The van der Waals surface area contributed by atoms with Crippen LogP contribution >= 0.6 is 11.6 Å². The first-order valence-electron chi connectivity index (χ1n) is 9.79. The number of methoxy groups -OCH3 is 1. The average molecular weight is 488 g/mol. The predicted molar refractivity (Wildman–Crippen MR) is 126 cm³/mol. The van der Waals surface area contributed by atoms with Crippen molar-refractivity contribution in [3.8, 4) is 11.5 Å². The number of amides is 1. The van der Waals surface area contributed by atoms with E-state index in [0.29, 0.717) is 28.7 Å². The Kier molecular flexibility index (Phi) is 8.42. The first kappa shape index (κ1) is 24.2. The molecule has 0 saturated heterocycles. The van der Waals surface area contributed by atoms with Gasteiger partial charge in [0.2, 0.25) is 10.0 Å². The van der Waals surface area contributed by atoms with E-state index >= 15 is 0 Å². The molecule has 0 radical (unpaired) electrons. The monoisotopic (exact) mass is 487 g/mol. The second kappa shape index (κ2) is 11.5. The van der Waals surface area contributed by atoms with E-state index in [1.165, 1.54) is 25.5 Å². The Morgan fingerprint density at radius 1 is 1.03 bits per heavy atom. The Bertz CT molecular complexity index is 1220. The molecule has 0 heterocycles. The molecule has 0 atom stereocenters. The number of rotatable bonds is 10. The molecule has 0 aliphatic rings. The van der Waals surface area contributed by atoms with Gasteiger partial charge >= 0.3 is 0 Å². The highest BCUT2D eigenvalue weighted by atomic mass is 35.5. The number of ether oxygens (including phenoxy) is 2. The predicted octanol–water partition coefficient (Wildman–Crippen LogP) is 3.36. The van der Waals surface area contributed by atoms with Crippen LogP contribution in [0.25, 0.3) is 0 Å². The Hall–Kier alpha value is -3.40. The molecule has 8 nitrogen and oxygen atoms in total. The maximum atomic E-state index is 12.1. The molecule has 0 aliphatic heterocycles. The minimum absolute atomic E-state index is 0.0757. The highest BCUT2D eigenvalue weighted by Crippen LogP contribution is 2.28. The summed E-state index contributed by atoms with van der Waals surface area (Å²) in [7, 11) is -2.25. The lowest BCUT2D eigenvalue weighted by Gasteiger charge is -2.11. The summed E-state index contributed by atoms with van der Waals surface area (Å²) >= 11 is 5.89. The van der Waals surface area contributed by atoms with Gasteiger partial charge in [-0.3, -0.25) is 4.79 Å². The molecular weight excluding hydrogens is 466 g/mol. The third-order valence-electron chi connectivity index (χ3n) is 4.37. The van der Waals surface area contributed by atoms with Crippen LogP contribution in [0.3, 0.4) is 0 Å². The fraction of sp³-hybridized carbons (Fsp3) is 0.130. The highest BCUT2D eigenvalue weighted by molar-refractivity contribution is 7.89. The van der Waals surface area contributed by atoms with Gasteiger partial charge < -0.3 is 9.47 Å². The number of hydrogen-bond donors (Lipinski definition) is 2. The van der Waals surface area contributed by atoms with E-state index in [1.54, 1.807) is 48.5 Å². The summed E-state index contributed by atoms with van der Waals surface area (Å²) in [5, 5.41) is 4.51. The summed E-state index contributed by atoms with van der Waals surface area (Å²) in [6.07, 6.45) is 1.41.